The van der Waals surface area contributed by atoms with Crippen molar-refractivity contribution in [1.29, 1.82) is 0 Å². The Bertz CT molecular complexity index is 320. The first-order chi connectivity index (χ1) is 8.04. The van der Waals surface area contributed by atoms with E-state index in [1.807, 2.05) is 10.9 Å². The molecule has 0 radical (unpaired) electrons. The average molecular weight is 239 g/mol. The van der Waals surface area contributed by atoms with Gasteiger partial charge in [0.15, 0.2) is 0 Å². The van der Waals surface area contributed by atoms with Crippen LogP contribution in [0.3, 0.4) is 0 Å². The van der Waals surface area contributed by atoms with E-state index < -0.39 is 0 Å². The van der Waals surface area contributed by atoms with E-state index in [4.69, 9.17) is 5.11 Å². The van der Waals surface area contributed by atoms with Gasteiger partial charge in [0, 0.05) is 38.0 Å². The maximum absolute atomic E-state index is 8.89. The van der Waals surface area contributed by atoms with Crippen LogP contribution in [-0.2, 0) is 6.54 Å². The molecular weight excluding hydrogens is 214 g/mol. The van der Waals surface area contributed by atoms with Crippen LogP contribution in [0.2, 0.25) is 0 Å². The highest BCUT2D eigenvalue weighted by Crippen LogP contribution is 2.09. The minimum Gasteiger partial charge on any atom is -0.396 e. The molecule has 1 aromatic heterocycles. The van der Waals surface area contributed by atoms with Gasteiger partial charge in [0.25, 0.3) is 0 Å². The number of aromatic nitrogens is 2. The zero-order chi connectivity index (χ0) is 12.8. The number of hydrogen-bond donors (Lipinski definition) is 1. The molecule has 0 aliphatic rings. The van der Waals surface area contributed by atoms with E-state index in [1.54, 1.807) is 0 Å². The molecule has 1 heterocycles. The lowest BCUT2D eigenvalue weighted by Crippen LogP contribution is -2.32. The molecule has 4 heteroatoms. The Hall–Kier alpha value is -0.870. The smallest absolute Gasteiger partial charge is 0.0764 e. The zero-order valence-corrected chi connectivity index (χ0v) is 11.4. The Balaban J connectivity index is 2.58. The van der Waals surface area contributed by atoms with Crippen molar-refractivity contribution < 1.29 is 5.11 Å². The Morgan fingerprint density at radius 2 is 2.06 bits per heavy atom. The molecule has 0 bridgehead atoms. The van der Waals surface area contributed by atoms with Crippen LogP contribution in [0.4, 0.5) is 0 Å². The molecule has 17 heavy (non-hydrogen) atoms. The molecule has 0 unspecified atom stereocenters. The topological polar surface area (TPSA) is 41.3 Å². The summed E-state index contributed by atoms with van der Waals surface area (Å²) in [6.07, 6.45) is 2.85. The summed E-state index contributed by atoms with van der Waals surface area (Å²) < 4.78 is 1.99. The summed E-state index contributed by atoms with van der Waals surface area (Å²) in [6.45, 7) is 10.6. The van der Waals surface area contributed by atoms with E-state index in [-0.39, 0.29) is 6.61 Å². The third-order valence-corrected chi connectivity index (χ3v) is 2.89. The van der Waals surface area contributed by atoms with E-state index in [0.717, 1.165) is 25.2 Å². The first kappa shape index (κ1) is 14.2. The number of aliphatic hydroxyl groups is 1. The molecule has 0 saturated heterocycles. The quantitative estimate of drug-likeness (QED) is 0.792. The zero-order valence-electron chi connectivity index (χ0n) is 11.4. The molecule has 0 saturated carbocycles. The maximum Gasteiger partial charge on any atom is 0.0764 e. The second-order valence-corrected chi connectivity index (χ2v) is 5.02. The van der Waals surface area contributed by atoms with E-state index in [0.29, 0.717) is 12.1 Å². The lowest BCUT2D eigenvalue weighted by Gasteiger charge is -2.25. The molecule has 1 N–H and O–H groups in total. The molecule has 0 atom stereocenters. The first-order valence-corrected chi connectivity index (χ1v) is 6.43. The van der Waals surface area contributed by atoms with Gasteiger partial charge in [-0.25, -0.2) is 0 Å². The summed E-state index contributed by atoms with van der Waals surface area (Å²) in [5.74, 6) is 0. The molecule has 0 aliphatic carbocycles. The van der Waals surface area contributed by atoms with E-state index in [2.05, 4.69) is 43.8 Å². The summed E-state index contributed by atoms with van der Waals surface area (Å²) in [5, 5.41) is 13.4. The Labute approximate surface area is 104 Å². The fraction of sp³-hybridized carbons (Fsp3) is 0.769. The largest absolute Gasteiger partial charge is 0.396 e. The van der Waals surface area contributed by atoms with Gasteiger partial charge in [-0.2, -0.15) is 5.10 Å². The van der Waals surface area contributed by atoms with E-state index >= 15 is 0 Å². The third kappa shape index (κ3) is 4.48. The highest BCUT2D eigenvalue weighted by atomic mass is 16.3. The fourth-order valence-corrected chi connectivity index (χ4v) is 1.75. The predicted molar refractivity (Wildman–Crippen MR) is 69.9 cm³/mol. The minimum absolute atomic E-state index is 0.254. The highest BCUT2D eigenvalue weighted by molar-refractivity contribution is 4.99. The van der Waals surface area contributed by atoms with Crippen LogP contribution >= 0.6 is 0 Å². The Morgan fingerprint density at radius 1 is 1.35 bits per heavy atom. The molecule has 98 valence electrons. The summed E-state index contributed by atoms with van der Waals surface area (Å²) >= 11 is 0. The average Bonchev–Trinajstić information content (AvgIpc) is 2.72. The van der Waals surface area contributed by atoms with Crippen molar-refractivity contribution in [3.05, 3.63) is 18.0 Å². The van der Waals surface area contributed by atoms with Gasteiger partial charge >= 0.3 is 0 Å². The summed E-state index contributed by atoms with van der Waals surface area (Å²) in [4.78, 5) is 2.34. The first-order valence-electron chi connectivity index (χ1n) is 6.43. The van der Waals surface area contributed by atoms with Crippen LogP contribution in [-0.4, -0.2) is 39.0 Å². The maximum atomic E-state index is 8.89. The van der Waals surface area contributed by atoms with Gasteiger partial charge in [0.1, 0.15) is 0 Å². The summed E-state index contributed by atoms with van der Waals surface area (Å²) in [7, 11) is 0. The molecule has 0 aliphatic heterocycles. The molecule has 1 aromatic rings. The van der Waals surface area contributed by atoms with Gasteiger partial charge in [-0.15, -0.1) is 0 Å². The number of nitrogens with zero attached hydrogens (tertiary/aromatic N) is 3. The lowest BCUT2D eigenvalue weighted by atomic mass is 10.2. The van der Waals surface area contributed by atoms with Gasteiger partial charge in [0.05, 0.1) is 5.69 Å². The van der Waals surface area contributed by atoms with Crippen molar-refractivity contribution in [2.24, 2.45) is 0 Å². The second-order valence-electron chi connectivity index (χ2n) is 5.02. The lowest BCUT2D eigenvalue weighted by molar-refractivity contribution is 0.182. The molecule has 1 rings (SSSR count). The third-order valence-electron chi connectivity index (χ3n) is 2.89. The SMILES string of the molecule is CC(C)N(CCCO)Cc1ccn(C(C)C)n1. The van der Waals surface area contributed by atoms with E-state index in [1.165, 1.54) is 0 Å². The van der Waals surface area contributed by atoms with Crippen molar-refractivity contribution >= 4 is 0 Å². The fourth-order valence-electron chi connectivity index (χ4n) is 1.75. The van der Waals surface area contributed by atoms with E-state index in [9.17, 15) is 0 Å². The highest BCUT2D eigenvalue weighted by Gasteiger charge is 2.11. The monoisotopic (exact) mass is 239 g/mol. The Kier molecular flexibility index (Phi) is 5.65. The van der Waals surface area contributed by atoms with Crippen LogP contribution < -0.4 is 0 Å². The van der Waals surface area contributed by atoms with Crippen molar-refractivity contribution in [2.75, 3.05) is 13.2 Å². The molecule has 0 spiro atoms. The standard InChI is InChI=1S/C13H25N3O/c1-11(2)15(7-5-9-17)10-13-6-8-16(14-13)12(3)4/h6,8,11-12,17H,5,7,9-10H2,1-4H3. The Morgan fingerprint density at radius 3 is 2.53 bits per heavy atom. The van der Waals surface area contributed by atoms with Crippen LogP contribution in [0.25, 0.3) is 0 Å². The van der Waals surface area contributed by atoms with Gasteiger partial charge in [-0.05, 0) is 40.2 Å². The van der Waals surface area contributed by atoms with Gasteiger partial charge in [-0.3, -0.25) is 9.58 Å². The van der Waals surface area contributed by atoms with Crippen molar-refractivity contribution in [3.63, 3.8) is 0 Å². The van der Waals surface area contributed by atoms with Gasteiger partial charge < -0.3 is 5.11 Å². The second kappa shape index (κ2) is 6.77. The van der Waals surface area contributed by atoms with Crippen LogP contribution in [0, 0.1) is 0 Å². The summed E-state index contributed by atoms with van der Waals surface area (Å²) in [5.41, 5.74) is 1.10. The number of rotatable bonds is 7. The number of hydrogen-bond acceptors (Lipinski definition) is 3. The molecule has 0 aromatic carbocycles. The van der Waals surface area contributed by atoms with Crippen LogP contribution in [0.15, 0.2) is 12.3 Å². The molecule has 4 nitrogen and oxygen atoms in total. The minimum atomic E-state index is 0.254. The van der Waals surface area contributed by atoms with Gasteiger partial charge in [-0.1, -0.05) is 0 Å². The molecular formula is C13H25N3O. The van der Waals surface area contributed by atoms with Crippen molar-refractivity contribution in [1.82, 2.24) is 14.7 Å². The normalized spacial score (nSPS) is 12.0. The number of aliphatic hydroxyl groups excluding tert-OH is 1. The van der Waals surface area contributed by atoms with Crippen molar-refractivity contribution in [3.8, 4) is 0 Å². The predicted octanol–water partition coefficient (Wildman–Crippen LogP) is 2.06. The van der Waals surface area contributed by atoms with Crippen LogP contribution in [0.1, 0.15) is 45.9 Å². The molecule has 0 amide bonds. The molecule has 0 fully saturated rings. The van der Waals surface area contributed by atoms with Crippen LogP contribution in [0.5, 0.6) is 0 Å². The van der Waals surface area contributed by atoms with Crippen molar-refractivity contribution in [2.45, 2.75) is 52.7 Å². The summed E-state index contributed by atoms with van der Waals surface area (Å²) in [6, 6.07) is 2.97. The van der Waals surface area contributed by atoms with Gasteiger partial charge in [0.2, 0.25) is 0 Å².